The van der Waals surface area contributed by atoms with Crippen LogP contribution in [-0.2, 0) is 14.3 Å². The van der Waals surface area contributed by atoms with Gasteiger partial charge in [-0.2, -0.15) is 0 Å². The zero-order valence-corrected chi connectivity index (χ0v) is 11.2. The predicted octanol–water partition coefficient (Wildman–Crippen LogP) is 1.37. The normalized spacial score (nSPS) is 20.2. The second kappa shape index (κ2) is 6.38. The van der Waals surface area contributed by atoms with Crippen molar-refractivity contribution in [3.63, 3.8) is 0 Å². The van der Waals surface area contributed by atoms with E-state index in [4.69, 9.17) is 14.6 Å². The molecule has 0 heterocycles. The van der Waals surface area contributed by atoms with E-state index in [2.05, 4.69) is 5.32 Å². The highest BCUT2D eigenvalue weighted by molar-refractivity contribution is 5.98. The number of anilines is 1. The number of benzene rings is 1. The topological polar surface area (TPSA) is 84.9 Å². The van der Waals surface area contributed by atoms with Gasteiger partial charge in [-0.3, -0.25) is 9.59 Å². The van der Waals surface area contributed by atoms with Crippen LogP contribution in [0.1, 0.15) is 6.42 Å². The molecule has 1 aromatic carbocycles. The van der Waals surface area contributed by atoms with Crippen LogP contribution in [0.3, 0.4) is 0 Å². The summed E-state index contributed by atoms with van der Waals surface area (Å²) in [5, 5.41) is 11.5. The van der Waals surface area contributed by atoms with Crippen LogP contribution < -0.4 is 10.1 Å². The third kappa shape index (κ3) is 3.71. The first-order chi connectivity index (χ1) is 9.61. The predicted molar refractivity (Wildman–Crippen MR) is 71.7 cm³/mol. The van der Waals surface area contributed by atoms with Crippen molar-refractivity contribution in [2.45, 2.75) is 6.42 Å². The maximum Gasteiger partial charge on any atom is 0.307 e. The summed E-state index contributed by atoms with van der Waals surface area (Å²) in [6, 6.07) is 6.93. The molecule has 0 saturated heterocycles. The van der Waals surface area contributed by atoms with Gasteiger partial charge >= 0.3 is 5.97 Å². The van der Waals surface area contributed by atoms with Crippen molar-refractivity contribution in [1.82, 2.24) is 0 Å². The van der Waals surface area contributed by atoms with Gasteiger partial charge in [-0.1, -0.05) is 0 Å². The number of carboxylic acids is 1. The fourth-order valence-electron chi connectivity index (χ4n) is 1.87. The number of carbonyl (C=O) groups excluding carboxylic acids is 1. The Hall–Kier alpha value is -2.08. The number of carbonyl (C=O) groups is 2. The number of ether oxygens (including phenoxy) is 2. The molecule has 20 heavy (non-hydrogen) atoms. The monoisotopic (exact) mass is 279 g/mol. The lowest BCUT2D eigenvalue weighted by atomic mass is 10.2. The number of methoxy groups -OCH3 is 1. The summed E-state index contributed by atoms with van der Waals surface area (Å²) in [4.78, 5) is 22.5. The molecule has 0 radical (unpaired) electrons. The summed E-state index contributed by atoms with van der Waals surface area (Å²) in [5.74, 6) is -1.41. The second-order valence-electron chi connectivity index (χ2n) is 4.64. The molecule has 1 aromatic rings. The average Bonchev–Trinajstić information content (AvgIpc) is 3.21. The Morgan fingerprint density at radius 1 is 1.25 bits per heavy atom. The smallest absolute Gasteiger partial charge is 0.307 e. The van der Waals surface area contributed by atoms with Crippen molar-refractivity contribution in [3.8, 4) is 5.75 Å². The van der Waals surface area contributed by atoms with Gasteiger partial charge in [0.2, 0.25) is 5.91 Å². The minimum absolute atomic E-state index is 0.245. The van der Waals surface area contributed by atoms with Gasteiger partial charge < -0.3 is 19.9 Å². The summed E-state index contributed by atoms with van der Waals surface area (Å²) >= 11 is 0. The summed E-state index contributed by atoms with van der Waals surface area (Å²) in [5.41, 5.74) is 0.630. The van der Waals surface area contributed by atoms with E-state index in [-0.39, 0.29) is 5.91 Å². The Morgan fingerprint density at radius 2 is 1.95 bits per heavy atom. The Bertz CT molecular complexity index is 485. The minimum Gasteiger partial charge on any atom is -0.491 e. The van der Waals surface area contributed by atoms with Gasteiger partial charge in [0.15, 0.2) is 0 Å². The molecule has 108 valence electrons. The minimum atomic E-state index is -0.910. The molecule has 1 aliphatic rings. The second-order valence-corrected chi connectivity index (χ2v) is 4.64. The third-order valence-electron chi connectivity index (χ3n) is 3.12. The van der Waals surface area contributed by atoms with E-state index in [1.807, 2.05) is 0 Å². The number of hydrogen-bond acceptors (Lipinski definition) is 4. The molecule has 2 atom stereocenters. The molecule has 1 fully saturated rings. The average molecular weight is 279 g/mol. The number of carboxylic acid groups (broad SMARTS) is 1. The highest BCUT2D eigenvalue weighted by Crippen LogP contribution is 2.39. The van der Waals surface area contributed by atoms with Gasteiger partial charge in [0.1, 0.15) is 12.4 Å². The van der Waals surface area contributed by atoms with Crippen LogP contribution in [0, 0.1) is 11.8 Å². The molecule has 0 bridgehead atoms. The van der Waals surface area contributed by atoms with Crippen molar-refractivity contribution < 1.29 is 24.2 Å². The number of nitrogens with one attached hydrogen (secondary N) is 1. The summed E-state index contributed by atoms with van der Waals surface area (Å²) in [7, 11) is 1.60. The SMILES string of the molecule is COCCOc1ccc(NC(=O)C2CC2C(=O)O)cc1. The van der Waals surface area contributed by atoms with Crippen LogP contribution in [-0.4, -0.2) is 37.3 Å². The van der Waals surface area contributed by atoms with Gasteiger partial charge in [-0.25, -0.2) is 0 Å². The highest BCUT2D eigenvalue weighted by atomic mass is 16.5. The van der Waals surface area contributed by atoms with Gasteiger partial charge in [-0.15, -0.1) is 0 Å². The summed E-state index contributed by atoms with van der Waals surface area (Å²) < 4.78 is 10.3. The summed E-state index contributed by atoms with van der Waals surface area (Å²) in [6.45, 7) is 0.974. The molecule has 6 heteroatoms. The van der Waals surface area contributed by atoms with Crippen LogP contribution in [0.4, 0.5) is 5.69 Å². The number of aliphatic carboxylic acids is 1. The Balaban J connectivity index is 1.82. The Labute approximate surface area is 116 Å². The molecule has 1 saturated carbocycles. The third-order valence-corrected chi connectivity index (χ3v) is 3.12. The molecule has 2 N–H and O–H groups in total. The van der Waals surface area contributed by atoms with E-state index in [9.17, 15) is 9.59 Å². The lowest BCUT2D eigenvalue weighted by Crippen LogP contribution is -2.16. The molecule has 0 aromatic heterocycles. The van der Waals surface area contributed by atoms with E-state index >= 15 is 0 Å². The van der Waals surface area contributed by atoms with Gasteiger partial charge in [0.05, 0.1) is 18.4 Å². The zero-order chi connectivity index (χ0) is 14.5. The molecular formula is C14H17NO5. The quantitative estimate of drug-likeness (QED) is 0.736. The Morgan fingerprint density at radius 3 is 2.50 bits per heavy atom. The molecule has 6 nitrogen and oxygen atoms in total. The largest absolute Gasteiger partial charge is 0.491 e. The van der Waals surface area contributed by atoms with Gasteiger partial charge in [0.25, 0.3) is 0 Å². The molecule has 0 aliphatic heterocycles. The fourth-order valence-corrected chi connectivity index (χ4v) is 1.87. The molecule has 1 amide bonds. The van der Waals surface area contributed by atoms with Crippen molar-refractivity contribution >= 4 is 17.6 Å². The van der Waals surface area contributed by atoms with E-state index in [0.29, 0.717) is 31.1 Å². The van der Waals surface area contributed by atoms with Gasteiger partial charge in [-0.05, 0) is 30.7 Å². The van der Waals surface area contributed by atoms with E-state index in [1.54, 1.807) is 31.4 Å². The molecule has 2 rings (SSSR count). The van der Waals surface area contributed by atoms with Crippen molar-refractivity contribution in [2.24, 2.45) is 11.8 Å². The zero-order valence-electron chi connectivity index (χ0n) is 11.2. The van der Waals surface area contributed by atoms with Crippen LogP contribution in [0.15, 0.2) is 24.3 Å². The van der Waals surface area contributed by atoms with E-state index in [1.165, 1.54) is 0 Å². The number of hydrogen-bond donors (Lipinski definition) is 2. The maximum absolute atomic E-state index is 11.8. The van der Waals surface area contributed by atoms with E-state index < -0.39 is 17.8 Å². The summed E-state index contributed by atoms with van der Waals surface area (Å²) in [6.07, 6.45) is 0.416. The molecule has 0 spiro atoms. The molecule has 1 aliphatic carbocycles. The Kier molecular flexibility index (Phi) is 4.57. The van der Waals surface area contributed by atoms with Crippen LogP contribution in [0.2, 0.25) is 0 Å². The van der Waals surface area contributed by atoms with Crippen molar-refractivity contribution in [3.05, 3.63) is 24.3 Å². The molecular weight excluding hydrogens is 262 g/mol. The van der Waals surface area contributed by atoms with E-state index in [0.717, 1.165) is 0 Å². The van der Waals surface area contributed by atoms with Crippen molar-refractivity contribution in [2.75, 3.05) is 25.6 Å². The standard InChI is InChI=1S/C14H17NO5/c1-19-6-7-20-10-4-2-9(3-5-10)15-13(16)11-8-12(11)14(17)18/h2-5,11-12H,6-8H2,1H3,(H,15,16)(H,17,18). The fraction of sp³-hybridized carbons (Fsp3) is 0.429. The number of rotatable bonds is 7. The first-order valence-electron chi connectivity index (χ1n) is 6.37. The first-order valence-corrected chi connectivity index (χ1v) is 6.37. The van der Waals surface area contributed by atoms with Gasteiger partial charge in [0, 0.05) is 12.8 Å². The van der Waals surface area contributed by atoms with Crippen LogP contribution >= 0.6 is 0 Å². The van der Waals surface area contributed by atoms with Crippen LogP contribution in [0.5, 0.6) is 5.75 Å². The lowest BCUT2D eigenvalue weighted by Gasteiger charge is -2.07. The lowest BCUT2D eigenvalue weighted by molar-refractivity contribution is -0.139. The maximum atomic E-state index is 11.8. The molecule has 2 unspecified atom stereocenters. The van der Waals surface area contributed by atoms with Crippen LogP contribution in [0.25, 0.3) is 0 Å². The first kappa shape index (κ1) is 14.3. The number of amides is 1. The van der Waals surface area contributed by atoms with Crippen molar-refractivity contribution in [1.29, 1.82) is 0 Å². The highest BCUT2D eigenvalue weighted by Gasteiger charge is 2.48.